The Bertz CT molecular complexity index is 260. The van der Waals surface area contributed by atoms with E-state index in [2.05, 4.69) is 39.2 Å². The fourth-order valence-electron chi connectivity index (χ4n) is 1.59. The summed E-state index contributed by atoms with van der Waals surface area (Å²) in [6.45, 7) is 12.7. The van der Waals surface area contributed by atoms with Crippen molar-refractivity contribution >= 4 is 7.60 Å². The van der Waals surface area contributed by atoms with Crippen molar-refractivity contribution in [1.29, 1.82) is 0 Å². The monoisotopic (exact) mass is 249 g/mol. The Morgan fingerprint density at radius 2 is 1.56 bits per heavy atom. The van der Waals surface area contributed by atoms with E-state index in [1.807, 2.05) is 0 Å². The largest absolute Gasteiger partial charge is 0.357 e. The number of rotatable bonds is 7. The van der Waals surface area contributed by atoms with Gasteiger partial charge in [0.05, 0.1) is 0 Å². The van der Waals surface area contributed by atoms with E-state index in [-0.39, 0.29) is 0 Å². The Labute approximate surface area is 99.1 Å². The van der Waals surface area contributed by atoms with E-state index in [0.29, 0.717) is 23.9 Å². The Balaban J connectivity index is 4.70. The van der Waals surface area contributed by atoms with Crippen molar-refractivity contribution in [2.24, 2.45) is 0 Å². The molecule has 0 atom stereocenters. The van der Waals surface area contributed by atoms with Crippen LogP contribution in [0.4, 0.5) is 0 Å². The Hall–Kier alpha value is -0.150. The second-order valence-corrected chi connectivity index (χ2v) is 6.65. The first-order chi connectivity index (χ1) is 7.28. The molecule has 5 heteroatoms. The molecule has 0 fully saturated rings. The summed E-state index contributed by atoms with van der Waals surface area (Å²) in [5, 5.41) is 0.500. The molecule has 4 nitrogen and oxygen atoms in total. The molecule has 0 heterocycles. The molecule has 0 saturated carbocycles. The van der Waals surface area contributed by atoms with Crippen LogP contribution < -0.4 is 0 Å². The van der Waals surface area contributed by atoms with Crippen molar-refractivity contribution in [2.45, 2.75) is 39.8 Å². The normalized spacial score (nSPS) is 12.8. The molecule has 0 spiro atoms. The predicted molar refractivity (Wildman–Crippen MR) is 67.7 cm³/mol. The zero-order valence-electron chi connectivity index (χ0n) is 11.2. The van der Waals surface area contributed by atoms with E-state index in [1.165, 1.54) is 14.2 Å². The lowest BCUT2D eigenvalue weighted by molar-refractivity contribution is 0.190. The van der Waals surface area contributed by atoms with E-state index in [4.69, 9.17) is 9.05 Å². The van der Waals surface area contributed by atoms with Crippen molar-refractivity contribution in [1.82, 2.24) is 4.90 Å². The van der Waals surface area contributed by atoms with Crippen LogP contribution in [0.25, 0.3) is 0 Å². The minimum Gasteiger partial charge on any atom is -0.309 e. The fraction of sp³-hybridized carbons (Fsp3) is 0.818. The van der Waals surface area contributed by atoms with Crippen LogP contribution in [0.1, 0.15) is 27.7 Å². The highest BCUT2D eigenvalue weighted by atomic mass is 31.2. The lowest BCUT2D eigenvalue weighted by atomic mass is 10.2. The number of nitrogens with zero attached hydrogens (tertiary/aromatic N) is 1. The molecular weight excluding hydrogens is 225 g/mol. The van der Waals surface area contributed by atoms with Crippen LogP contribution in [0.15, 0.2) is 11.9 Å². The quantitative estimate of drug-likeness (QED) is 0.650. The van der Waals surface area contributed by atoms with Gasteiger partial charge in [-0.1, -0.05) is 6.58 Å². The maximum Gasteiger partial charge on any atom is 0.357 e. The number of hydrogen-bond donors (Lipinski definition) is 0. The molecule has 0 aromatic heterocycles. The minimum atomic E-state index is -3.14. The third-order valence-electron chi connectivity index (χ3n) is 2.56. The molecule has 0 rings (SSSR count). The van der Waals surface area contributed by atoms with Crippen LogP contribution in [-0.4, -0.2) is 37.7 Å². The van der Waals surface area contributed by atoms with E-state index in [9.17, 15) is 4.57 Å². The Morgan fingerprint density at radius 3 is 1.81 bits per heavy atom. The molecule has 0 aliphatic heterocycles. The Morgan fingerprint density at radius 1 is 1.19 bits per heavy atom. The van der Waals surface area contributed by atoms with Crippen LogP contribution in [0, 0.1) is 0 Å². The van der Waals surface area contributed by atoms with Crippen LogP contribution >= 0.6 is 7.60 Å². The topological polar surface area (TPSA) is 38.8 Å². The van der Waals surface area contributed by atoms with Crippen molar-refractivity contribution in [3.63, 3.8) is 0 Å². The average Bonchev–Trinajstić information content (AvgIpc) is 2.23. The highest BCUT2D eigenvalue weighted by Gasteiger charge is 2.28. The average molecular weight is 249 g/mol. The van der Waals surface area contributed by atoms with Crippen molar-refractivity contribution < 1.29 is 13.6 Å². The highest BCUT2D eigenvalue weighted by Crippen LogP contribution is 2.54. The van der Waals surface area contributed by atoms with Crippen molar-refractivity contribution in [2.75, 3.05) is 20.8 Å². The van der Waals surface area contributed by atoms with Crippen LogP contribution in [0.5, 0.6) is 0 Å². The molecule has 16 heavy (non-hydrogen) atoms. The third-order valence-corrected chi connectivity index (χ3v) is 4.44. The zero-order chi connectivity index (χ0) is 12.9. The molecule has 0 saturated heterocycles. The minimum absolute atomic E-state index is 0.360. The van der Waals surface area contributed by atoms with E-state index < -0.39 is 7.60 Å². The summed E-state index contributed by atoms with van der Waals surface area (Å²) in [4.78, 5) is 2.19. The first-order valence-electron chi connectivity index (χ1n) is 5.44. The van der Waals surface area contributed by atoms with Gasteiger partial charge in [-0.2, -0.15) is 0 Å². The van der Waals surface area contributed by atoms with Gasteiger partial charge in [0, 0.05) is 38.2 Å². The molecule has 0 unspecified atom stereocenters. The smallest absolute Gasteiger partial charge is 0.309 e. The summed E-state index contributed by atoms with van der Waals surface area (Å²) in [7, 11) is -0.383. The molecule has 0 radical (unpaired) electrons. The van der Waals surface area contributed by atoms with Gasteiger partial charge in [-0.15, -0.1) is 0 Å². The second-order valence-electron chi connectivity index (χ2n) is 4.29. The summed E-state index contributed by atoms with van der Waals surface area (Å²) >= 11 is 0. The molecule has 0 aliphatic carbocycles. The molecule has 0 aliphatic rings. The standard InChI is InChI=1S/C11H24NO3P/c1-9(2)12(10(3)4)8-11(5)16(13,14-6)15-7/h9-10H,5,8H2,1-4,6-7H3. The SMILES string of the molecule is C=C(CN(C(C)C)C(C)C)P(=O)(OC)OC. The van der Waals surface area contributed by atoms with E-state index in [1.54, 1.807) is 0 Å². The van der Waals surface area contributed by atoms with Crippen molar-refractivity contribution in [3.05, 3.63) is 11.9 Å². The lowest BCUT2D eigenvalue weighted by Gasteiger charge is -2.32. The first-order valence-corrected chi connectivity index (χ1v) is 6.98. The third kappa shape index (κ3) is 4.02. The number of hydrogen-bond acceptors (Lipinski definition) is 4. The van der Waals surface area contributed by atoms with Gasteiger partial charge in [-0.05, 0) is 27.7 Å². The second kappa shape index (κ2) is 6.55. The van der Waals surface area contributed by atoms with Gasteiger partial charge in [-0.25, -0.2) is 0 Å². The summed E-state index contributed by atoms with van der Waals surface area (Å²) < 4.78 is 21.9. The molecular formula is C11H24NO3P. The van der Waals surface area contributed by atoms with E-state index in [0.717, 1.165) is 0 Å². The molecule has 0 aromatic carbocycles. The maximum atomic E-state index is 12.1. The highest BCUT2D eigenvalue weighted by molar-refractivity contribution is 7.58. The lowest BCUT2D eigenvalue weighted by Crippen LogP contribution is -2.38. The van der Waals surface area contributed by atoms with Crippen molar-refractivity contribution in [3.8, 4) is 0 Å². The molecule has 0 aromatic rings. The maximum absolute atomic E-state index is 12.1. The van der Waals surface area contributed by atoms with Crippen LogP contribution in [0.2, 0.25) is 0 Å². The predicted octanol–water partition coefficient (Wildman–Crippen LogP) is 3.10. The Kier molecular flexibility index (Phi) is 6.49. The molecule has 96 valence electrons. The van der Waals surface area contributed by atoms with Gasteiger partial charge in [0.1, 0.15) is 0 Å². The van der Waals surface area contributed by atoms with Gasteiger partial charge >= 0.3 is 7.60 Å². The molecule has 0 bridgehead atoms. The van der Waals surface area contributed by atoms with Crippen LogP contribution in [0.3, 0.4) is 0 Å². The van der Waals surface area contributed by atoms with Crippen LogP contribution in [-0.2, 0) is 13.6 Å². The van der Waals surface area contributed by atoms with Gasteiger partial charge in [0.2, 0.25) is 0 Å². The fourth-order valence-corrected chi connectivity index (χ4v) is 2.59. The molecule has 0 amide bonds. The van der Waals surface area contributed by atoms with E-state index >= 15 is 0 Å². The first kappa shape index (κ1) is 15.9. The van der Waals surface area contributed by atoms with Gasteiger partial charge in [-0.3, -0.25) is 9.46 Å². The summed E-state index contributed by atoms with van der Waals surface area (Å²) in [5.41, 5.74) is 0. The zero-order valence-corrected chi connectivity index (χ0v) is 12.1. The molecule has 0 N–H and O–H groups in total. The summed E-state index contributed by atoms with van der Waals surface area (Å²) in [6.07, 6.45) is 0. The van der Waals surface area contributed by atoms with Gasteiger partial charge in [0.15, 0.2) is 0 Å². The van der Waals surface area contributed by atoms with Gasteiger partial charge < -0.3 is 9.05 Å². The van der Waals surface area contributed by atoms with Gasteiger partial charge in [0.25, 0.3) is 0 Å². The summed E-state index contributed by atoms with van der Waals surface area (Å²) in [5.74, 6) is 0. The summed E-state index contributed by atoms with van der Waals surface area (Å²) in [6, 6.07) is 0.720.